The van der Waals surface area contributed by atoms with Gasteiger partial charge in [-0.3, -0.25) is 0 Å². The number of hydrogen-bond acceptors (Lipinski definition) is 1. The van der Waals surface area contributed by atoms with Crippen molar-refractivity contribution in [2.24, 2.45) is 0 Å². The fraction of sp³-hybridized carbons (Fsp3) is 0.250. The Hall–Kier alpha value is -1.88. The van der Waals surface area contributed by atoms with Crippen molar-refractivity contribution in [1.82, 2.24) is 5.32 Å². The summed E-state index contributed by atoms with van der Waals surface area (Å²) in [5.74, 6) is -3.60. The first-order valence-corrected chi connectivity index (χ1v) is 6.66. The second-order valence-corrected chi connectivity index (χ2v) is 4.73. The number of rotatable bonds is 5. The maximum Gasteiger partial charge on any atom is 0.161 e. The van der Waals surface area contributed by atoms with Gasteiger partial charge in [-0.1, -0.05) is 19.1 Å². The normalized spacial score (nSPS) is 12.4. The molecule has 1 atom stereocenters. The third-order valence-corrected chi connectivity index (χ3v) is 3.15. The third-order valence-electron chi connectivity index (χ3n) is 3.15. The number of nitrogens with one attached hydrogen (secondary N) is 1. The molecule has 1 unspecified atom stereocenters. The van der Waals surface area contributed by atoms with E-state index in [0.29, 0.717) is 18.2 Å². The van der Waals surface area contributed by atoms with Crippen LogP contribution in [-0.4, -0.2) is 6.54 Å². The third kappa shape index (κ3) is 3.61. The minimum absolute atomic E-state index is 0.00559. The second kappa shape index (κ2) is 6.72. The Bertz CT molecular complexity index is 610. The van der Waals surface area contributed by atoms with Crippen molar-refractivity contribution in [2.75, 3.05) is 6.54 Å². The highest BCUT2D eigenvalue weighted by Gasteiger charge is 2.20. The van der Waals surface area contributed by atoms with Crippen LogP contribution in [0.2, 0.25) is 0 Å². The first kappa shape index (κ1) is 15.5. The van der Waals surface area contributed by atoms with Crippen molar-refractivity contribution < 1.29 is 17.6 Å². The fourth-order valence-corrected chi connectivity index (χ4v) is 2.11. The first-order valence-electron chi connectivity index (χ1n) is 6.66. The maximum absolute atomic E-state index is 14.0. The van der Waals surface area contributed by atoms with Gasteiger partial charge in [-0.25, -0.2) is 17.6 Å². The molecule has 0 aliphatic heterocycles. The molecule has 2 aromatic rings. The number of hydrogen-bond donors (Lipinski definition) is 1. The van der Waals surface area contributed by atoms with E-state index < -0.39 is 29.3 Å². The van der Waals surface area contributed by atoms with Crippen LogP contribution in [0.1, 0.15) is 30.5 Å². The van der Waals surface area contributed by atoms with Gasteiger partial charge in [-0.15, -0.1) is 0 Å². The summed E-state index contributed by atoms with van der Waals surface area (Å²) in [6.07, 6.45) is 0.781. The molecule has 0 aromatic heterocycles. The lowest BCUT2D eigenvalue weighted by Crippen LogP contribution is -2.24. The maximum atomic E-state index is 14.0. The summed E-state index contributed by atoms with van der Waals surface area (Å²) in [5, 5.41) is 3.06. The predicted octanol–water partition coefficient (Wildman–Crippen LogP) is 4.33. The van der Waals surface area contributed by atoms with Crippen LogP contribution in [0.5, 0.6) is 0 Å². The van der Waals surface area contributed by atoms with E-state index >= 15 is 0 Å². The molecule has 0 aliphatic carbocycles. The van der Waals surface area contributed by atoms with Crippen molar-refractivity contribution in [1.29, 1.82) is 0 Å². The molecule has 0 radical (unpaired) electrons. The Balaban J connectivity index is 2.45. The van der Waals surface area contributed by atoms with Crippen LogP contribution < -0.4 is 5.32 Å². The van der Waals surface area contributed by atoms with Crippen molar-refractivity contribution in [3.05, 3.63) is 70.8 Å². The molecule has 5 heteroatoms. The molecular formula is C16H15F4N. The Morgan fingerprint density at radius 2 is 1.52 bits per heavy atom. The van der Waals surface area contributed by atoms with Crippen LogP contribution in [0.4, 0.5) is 17.6 Å². The van der Waals surface area contributed by atoms with Crippen molar-refractivity contribution in [3.8, 4) is 0 Å². The molecular weight excluding hydrogens is 282 g/mol. The molecule has 2 rings (SSSR count). The Labute approximate surface area is 120 Å². The molecule has 0 bridgehead atoms. The minimum atomic E-state index is -1.23. The zero-order valence-corrected chi connectivity index (χ0v) is 11.5. The first-order chi connectivity index (χ1) is 10.0. The molecule has 0 fully saturated rings. The van der Waals surface area contributed by atoms with Gasteiger partial charge in [0.1, 0.15) is 11.6 Å². The quantitative estimate of drug-likeness (QED) is 0.640. The van der Waals surface area contributed by atoms with Gasteiger partial charge in [0.25, 0.3) is 0 Å². The average Bonchev–Trinajstić information content (AvgIpc) is 2.46. The lowest BCUT2D eigenvalue weighted by molar-refractivity contribution is 0.479. The zero-order chi connectivity index (χ0) is 15.4. The smallest absolute Gasteiger partial charge is 0.161 e. The van der Waals surface area contributed by atoms with Gasteiger partial charge in [0.15, 0.2) is 11.6 Å². The Morgan fingerprint density at radius 3 is 2.14 bits per heavy atom. The summed E-state index contributed by atoms with van der Waals surface area (Å²) in [5.41, 5.74) is 0.573. The predicted molar refractivity (Wildman–Crippen MR) is 72.9 cm³/mol. The van der Waals surface area contributed by atoms with E-state index in [4.69, 9.17) is 0 Å². The van der Waals surface area contributed by atoms with Crippen molar-refractivity contribution in [3.63, 3.8) is 0 Å². The van der Waals surface area contributed by atoms with Crippen LogP contribution in [0.3, 0.4) is 0 Å². The summed E-state index contributed by atoms with van der Waals surface area (Å²) in [7, 11) is 0. The summed E-state index contributed by atoms with van der Waals surface area (Å²) in [6, 6.07) is 6.16. The fourth-order valence-electron chi connectivity index (χ4n) is 2.11. The van der Waals surface area contributed by atoms with E-state index in [2.05, 4.69) is 5.32 Å². The van der Waals surface area contributed by atoms with E-state index in [1.165, 1.54) is 24.3 Å². The average molecular weight is 297 g/mol. The minimum Gasteiger partial charge on any atom is -0.306 e. The van der Waals surface area contributed by atoms with Gasteiger partial charge in [0, 0.05) is 11.6 Å². The van der Waals surface area contributed by atoms with Crippen molar-refractivity contribution in [2.45, 2.75) is 19.4 Å². The van der Waals surface area contributed by atoms with Crippen LogP contribution in [-0.2, 0) is 0 Å². The topological polar surface area (TPSA) is 12.0 Å². The molecule has 21 heavy (non-hydrogen) atoms. The van der Waals surface area contributed by atoms with E-state index in [0.717, 1.165) is 12.5 Å². The highest BCUT2D eigenvalue weighted by atomic mass is 19.2. The molecule has 112 valence electrons. The lowest BCUT2D eigenvalue weighted by Gasteiger charge is -2.20. The Morgan fingerprint density at radius 1 is 0.905 bits per heavy atom. The summed E-state index contributed by atoms with van der Waals surface area (Å²) >= 11 is 0. The van der Waals surface area contributed by atoms with E-state index in [1.807, 2.05) is 6.92 Å². The summed E-state index contributed by atoms with van der Waals surface area (Å²) in [4.78, 5) is 0. The largest absolute Gasteiger partial charge is 0.306 e. The highest BCUT2D eigenvalue weighted by Crippen LogP contribution is 2.26. The van der Waals surface area contributed by atoms with Crippen LogP contribution in [0, 0.1) is 23.3 Å². The second-order valence-electron chi connectivity index (χ2n) is 4.73. The monoisotopic (exact) mass is 297 g/mol. The van der Waals surface area contributed by atoms with E-state index in [-0.39, 0.29) is 5.56 Å². The van der Waals surface area contributed by atoms with Crippen LogP contribution >= 0.6 is 0 Å². The van der Waals surface area contributed by atoms with Gasteiger partial charge in [0.05, 0.1) is 6.04 Å². The molecule has 0 aliphatic rings. The van der Waals surface area contributed by atoms with Gasteiger partial charge in [-0.2, -0.15) is 0 Å². The SMILES string of the molecule is CCCNC(c1ccc(F)cc1)c1cc(F)c(F)cc1F. The molecule has 1 nitrogen and oxygen atoms in total. The molecule has 0 saturated heterocycles. The molecule has 2 aromatic carbocycles. The van der Waals surface area contributed by atoms with Gasteiger partial charge >= 0.3 is 0 Å². The Kier molecular flexibility index (Phi) is 4.96. The highest BCUT2D eigenvalue weighted by molar-refractivity contribution is 5.33. The number of benzene rings is 2. The van der Waals surface area contributed by atoms with Gasteiger partial charge < -0.3 is 5.32 Å². The van der Waals surface area contributed by atoms with Crippen LogP contribution in [0.25, 0.3) is 0 Å². The summed E-state index contributed by atoms with van der Waals surface area (Å²) < 4.78 is 53.4. The van der Waals surface area contributed by atoms with Crippen molar-refractivity contribution >= 4 is 0 Å². The molecule has 0 saturated carbocycles. The van der Waals surface area contributed by atoms with E-state index in [1.54, 1.807) is 0 Å². The van der Waals surface area contributed by atoms with Crippen LogP contribution in [0.15, 0.2) is 36.4 Å². The van der Waals surface area contributed by atoms with Gasteiger partial charge in [0.2, 0.25) is 0 Å². The van der Waals surface area contributed by atoms with E-state index in [9.17, 15) is 17.6 Å². The number of halogens is 4. The molecule has 0 spiro atoms. The molecule has 1 N–H and O–H groups in total. The summed E-state index contributed by atoms with van der Waals surface area (Å²) in [6.45, 7) is 2.48. The lowest BCUT2D eigenvalue weighted by atomic mass is 9.97. The molecule has 0 amide bonds. The van der Waals surface area contributed by atoms with Gasteiger partial charge in [-0.05, 0) is 36.7 Å². The zero-order valence-electron chi connectivity index (χ0n) is 11.5. The standard InChI is InChI=1S/C16H15F4N/c1-2-7-21-16(10-3-5-11(17)6-4-10)12-8-14(19)15(20)9-13(12)18/h3-6,8-9,16,21H,2,7H2,1H3. The molecule has 0 heterocycles.